The second kappa shape index (κ2) is 5.88. The number of rotatable bonds is 2. The summed E-state index contributed by atoms with van der Waals surface area (Å²) in [6, 6.07) is 17.8. The van der Waals surface area contributed by atoms with E-state index in [2.05, 4.69) is 22.2 Å². The van der Waals surface area contributed by atoms with E-state index in [0.29, 0.717) is 12.1 Å². The highest BCUT2D eigenvalue weighted by Gasteiger charge is 2.24. The normalized spacial score (nSPS) is 13.8. The summed E-state index contributed by atoms with van der Waals surface area (Å²) in [5, 5.41) is 5.43. The fourth-order valence-electron chi connectivity index (χ4n) is 3.70. The van der Waals surface area contributed by atoms with Crippen molar-refractivity contribution in [2.45, 2.75) is 13.0 Å². The van der Waals surface area contributed by atoms with Crippen molar-refractivity contribution in [2.75, 3.05) is 6.54 Å². The number of H-pyrrole nitrogens is 1. The average molecular weight is 342 g/mol. The van der Waals surface area contributed by atoms with Crippen molar-refractivity contribution in [3.05, 3.63) is 83.8 Å². The van der Waals surface area contributed by atoms with E-state index in [-0.39, 0.29) is 5.91 Å². The Morgan fingerprint density at radius 3 is 2.69 bits per heavy atom. The van der Waals surface area contributed by atoms with Crippen LogP contribution in [0.25, 0.3) is 16.6 Å². The van der Waals surface area contributed by atoms with E-state index in [4.69, 9.17) is 0 Å². The summed E-state index contributed by atoms with van der Waals surface area (Å²) in [6.45, 7) is 1.39. The van der Waals surface area contributed by atoms with Gasteiger partial charge in [0.25, 0.3) is 5.91 Å². The van der Waals surface area contributed by atoms with Crippen molar-refractivity contribution >= 4 is 16.8 Å². The van der Waals surface area contributed by atoms with Gasteiger partial charge < -0.3 is 9.88 Å². The van der Waals surface area contributed by atoms with Crippen LogP contribution < -0.4 is 0 Å². The molecule has 1 amide bonds. The fourth-order valence-corrected chi connectivity index (χ4v) is 3.70. The molecule has 1 N–H and O–H groups in total. The zero-order valence-electron chi connectivity index (χ0n) is 14.2. The third-order valence-corrected chi connectivity index (χ3v) is 5.05. The SMILES string of the molecule is O=C(c1ccc(-n2cccn2)cc1)N1CCc2[nH]c3ccccc3c2C1. The lowest BCUT2D eigenvalue weighted by Gasteiger charge is -2.27. The Hall–Kier alpha value is -3.34. The number of para-hydroxylation sites is 1. The van der Waals surface area contributed by atoms with Gasteiger partial charge in [-0.1, -0.05) is 18.2 Å². The Morgan fingerprint density at radius 2 is 1.88 bits per heavy atom. The van der Waals surface area contributed by atoms with E-state index >= 15 is 0 Å². The van der Waals surface area contributed by atoms with Gasteiger partial charge in [0.2, 0.25) is 0 Å². The van der Waals surface area contributed by atoms with E-state index in [1.54, 1.807) is 10.9 Å². The van der Waals surface area contributed by atoms with Crippen molar-refractivity contribution in [3.8, 4) is 5.69 Å². The van der Waals surface area contributed by atoms with Gasteiger partial charge in [-0.15, -0.1) is 0 Å². The van der Waals surface area contributed by atoms with E-state index in [1.165, 1.54) is 16.6 Å². The number of fused-ring (bicyclic) bond motifs is 3. The number of aromatic nitrogens is 3. The van der Waals surface area contributed by atoms with Crippen LogP contribution in [0.15, 0.2) is 67.0 Å². The van der Waals surface area contributed by atoms with E-state index in [9.17, 15) is 4.79 Å². The third kappa shape index (κ3) is 2.40. The molecule has 128 valence electrons. The minimum Gasteiger partial charge on any atom is -0.358 e. The Kier molecular flexibility index (Phi) is 3.38. The van der Waals surface area contributed by atoms with Gasteiger partial charge in [-0.05, 0) is 36.4 Å². The smallest absolute Gasteiger partial charge is 0.254 e. The number of carbonyl (C=O) groups excluding carboxylic acids is 1. The molecule has 0 unspecified atom stereocenters. The molecule has 5 heteroatoms. The summed E-state index contributed by atoms with van der Waals surface area (Å²) in [5.41, 5.74) is 5.31. The molecule has 5 rings (SSSR count). The van der Waals surface area contributed by atoms with Crippen LogP contribution in [0.1, 0.15) is 21.6 Å². The van der Waals surface area contributed by atoms with Crippen LogP contribution in [-0.2, 0) is 13.0 Å². The first kappa shape index (κ1) is 15.0. The molecule has 0 saturated heterocycles. The lowest BCUT2D eigenvalue weighted by atomic mass is 10.0. The Balaban J connectivity index is 1.41. The average Bonchev–Trinajstić information content (AvgIpc) is 3.35. The number of hydrogen-bond donors (Lipinski definition) is 1. The Bertz CT molecular complexity index is 1080. The first-order valence-corrected chi connectivity index (χ1v) is 8.77. The van der Waals surface area contributed by atoms with Gasteiger partial charge in [0.05, 0.1) is 5.69 Å². The van der Waals surface area contributed by atoms with Crippen molar-refractivity contribution in [2.24, 2.45) is 0 Å². The molecule has 4 aromatic rings. The van der Waals surface area contributed by atoms with Crippen LogP contribution in [0.2, 0.25) is 0 Å². The predicted molar refractivity (Wildman–Crippen MR) is 100 cm³/mol. The van der Waals surface area contributed by atoms with Gasteiger partial charge >= 0.3 is 0 Å². The van der Waals surface area contributed by atoms with E-state index < -0.39 is 0 Å². The highest BCUT2D eigenvalue weighted by atomic mass is 16.2. The summed E-state index contributed by atoms with van der Waals surface area (Å²) in [4.78, 5) is 18.4. The van der Waals surface area contributed by atoms with Gasteiger partial charge in [-0.3, -0.25) is 4.79 Å². The first-order chi connectivity index (χ1) is 12.8. The molecular formula is C21H18N4O. The van der Waals surface area contributed by atoms with Crippen molar-refractivity contribution in [3.63, 3.8) is 0 Å². The highest BCUT2D eigenvalue weighted by molar-refractivity contribution is 5.95. The lowest BCUT2D eigenvalue weighted by Crippen LogP contribution is -2.35. The number of benzene rings is 2. The molecule has 1 aliphatic heterocycles. The van der Waals surface area contributed by atoms with Crippen molar-refractivity contribution in [1.82, 2.24) is 19.7 Å². The van der Waals surface area contributed by atoms with Gasteiger partial charge in [0.1, 0.15) is 0 Å². The number of amides is 1. The minimum absolute atomic E-state index is 0.0768. The van der Waals surface area contributed by atoms with Crippen LogP contribution in [0.5, 0.6) is 0 Å². The van der Waals surface area contributed by atoms with Crippen molar-refractivity contribution in [1.29, 1.82) is 0 Å². The summed E-state index contributed by atoms with van der Waals surface area (Å²) in [5.74, 6) is 0.0768. The molecule has 5 nitrogen and oxygen atoms in total. The molecular weight excluding hydrogens is 324 g/mol. The van der Waals surface area contributed by atoms with Gasteiger partial charge in [-0.2, -0.15) is 5.10 Å². The molecule has 2 aromatic carbocycles. The largest absolute Gasteiger partial charge is 0.358 e. The van der Waals surface area contributed by atoms with Crippen LogP contribution in [0, 0.1) is 0 Å². The summed E-state index contributed by atoms with van der Waals surface area (Å²) < 4.78 is 1.79. The van der Waals surface area contributed by atoms with Crippen LogP contribution in [-0.4, -0.2) is 32.1 Å². The van der Waals surface area contributed by atoms with E-state index in [1.807, 2.05) is 53.6 Å². The van der Waals surface area contributed by atoms with Gasteiger partial charge in [-0.25, -0.2) is 4.68 Å². The Labute approximate surface area is 150 Å². The zero-order valence-corrected chi connectivity index (χ0v) is 14.2. The molecule has 0 aliphatic carbocycles. The highest BCUT2D eigenvalue weighted by Crippen LogP contribution is 2.28. The summed E-state index contributed by atoms with van der Waals surface area (Å²) in [6.07, 6.45) is 4.49. The number of carbonyl (C=O) groups is 1. The van der Waals surface area contributed by atoms with Crippen LogP contribution >= 0.6 is 0 Å². The minimum atomic E-state index is 0.0768. The number of aromatic amines is 1. The second-order valence-corrected chi connectivity index (χ2v) is 6.60. The number of hydrogen-bond acceptors (Lipinski definition) is 2. The van der Waals surface area contributed by atoms with Crippen LogP contribution in [0.3, 0.4) is 0 Å². The molecule has 0 spiro atoms. The fraction of sp³-hybridized carbons (Fsp3) is 0.143. The lowest BCUT2D eigenvalue weighted by molar-refractivity contribution is 0.0735. The molecule has 0 saturated carbocycles. The quantitative estimate of drug-likeness (QED) is 0.606. The predicted octanol–water partition coefficient (Wildman–Crippen LogP) is 3.55. The summed E-state index contributed by atoms with van der Waals surface area (Å²) >= 11 is 0. The van der Waals surface area contributed by atoms with Gasteiger partial charge in [0, 0.05) is 59.6 Å². The Morgan fingerprint density at radius 1 is 1.04 bits per heavy atom. The maximum absolute atomic E-state index is 13.0. The molecule has 0 bridgehead atoms. The number of nitrogens with zero attached hydrogens (tertiary/aromatic N) is 3. The maximum Gasteiger partial charge on any atom is 0.254 e. The first-order valence-electron chi connectivity index (χ1n) is 8.77. The van der Waals surface area contributed by atoms with Crippen molar-refractivity contribution < 1.29 is 4.79 Å². The number of nitrogens with one attached hydrogen (secondary N) is 1. The third-order valence-electron chi connectivity index (χ3n) is 5.05. The molecule has 0 radical (unpaired) electrons. The molecule has 1 aliphatic rings. The van der Waals surface area contributed by atoms with E-state index in [0.717, 1.165) is 24.2 Å². The zero-order chi connectivity index (χ0) is 17.5. The molecule has 0 atom stereocenters. The second-order valence-electron chi connectivity index (χ2n) is 6.60. The monoisotopic (exact) mass is 342 g/mol. The molecule has 2 aromatic heterocycles. The maximum atomic E-state index is 13.0. The molecule has 3 heterocycles. The molecule has 26 heavy (non-hydrogen) atoms. The topological polar surface area (TPSA) is 53.9 Å². The summed E-state index contributed by atoms with van der Waals surface area (Å²) in [7, 11) is 0. The van der Waals surface area contributed by atoms with Gasteiger partial charge in [0.15, 0.2) is 0 Å². The van der Waals surface area contributed by atoms with Crippen LogP contribution in [0.4, 0.5) is 0 Å². The standard InChI is InChI=1S/C21H18N4O/c26-21(15-6-8-16(9-7-15)25-12-3-11-22-25)24-13-10-20-18(14-24)17-4-1-2-5-19(17)23-20/h1-9,11-12,23H,10,13-14H2. The molecule has 0 fully saturated rings.